The van der Waals surface area contributed by atoms with E-state index in [1.165, 1.54) is 18.2 Å². The van der Waals surface area contributed by atoms with Crippen LogP contribution in [-0.2, 0) is 0 Å². The van der Waals surface area contributed by atoms with E-state index in [1.54, 1.807) is 6.08 Å². The Morgan fingerprint density at radius 2 is 2.00 bits per heavy atom. The first-order valence-corrected chi connectivity index (χ1v) is 4.53. The third kappa shape index (κ3) is 3.11. The van der Waals surface area contributed by atoms with Crippen LogP contribution in [0, 0.1) is 0 Å². The molecule has 0 bridgehead atoms. The smallest absolute Gasteiger partial charge is 0.123 e. The largest absolute Gasteiger partial charge is 0.508 e. The topological polar surface area (TPSA) is 60.7 Å². The Bertz CT molecular complexity index is 318. The zero-order chi connectivity index (χ0) is 10.4. The number of phenolic OH excluding ortho intramolecular Hbond substituents is 2. The van der Waals surface area contributed by atoms with Crippen molar-refractivity contribution >= 4 is 6.08 Å². The summed E-state index contributed by atoms with van der Waals surface area (Å²) in [5.74, 6) is 0.271. The van der Waals surface area contributed by atoms with Crippen LogP contribution >= 0.6 is 0 Å². The summed E-state index contributed by atoms with van der Waals surface area (Å²) in [5, 5.41) is 27.1. The summed E-state index contributed by atoms with van der Waals surface area (Å²) in [4.78, 5) is 0. The van der Waals surface area contributed by atoms with E-state index in [9.17, 15) is 5.11 Å². The molecule has 76 valence electrons. The van der Waals surface area contributed by atoms with Crippen molar-refractivity contribution in [2.45, 2.75) is 12.8 Å². The van der Waals surface area contributed by atoms with Crippen molar-refractivity contribution in [3.05, 3.63) is 29.8 Å². The maximum atomic E-state index is 9.38. The Kier molecular flexibility index (Phi) is 4.01. The number of rotatable bonds is 4. The van der Waals surface area contributed by atoms with E-state index in [-0.39, 0.29) is 18.1 Å². The van der Waals surface area contributed by atoms with E-state index in [0.717, 1.165) is 6.42 Å². The molecular weight excluding hydrogens is 180 g/mol. The summed E-state index contributed by atoms with van der Waals surface area (Å²) in [6.45, 7) is 0.163. The van der Waals surface area contributed by atoms with Gasteiger partial charge in [0.1, 0.15) is 11.5 Å². The molecule has 0 aromatic heterocycles. The highest BCUT2D eigenvalue weighted by atomic mass is 16.3. The second-order valence-corrected chi connectivity index (χ2v) is 3.01. The first-order valence-electron chi connectivity index (χ1n) is 4.53. The lowest BCUT2D eigenvalue weighted by molar-refractivity contribution is 0.290. The van der Waals surface area contributed by atoms with E-state index in [4.69, 9.17) is 10.2 Å². The van der Waals surface area contributed by atoms with Gasteiger partial charge in [-0.1, -0.05) is 12.2 Å². The summed E-state index contributed by atoms with van der Waals surface area (Å²) >= 11 is 0. The molecule has 0 radical (unpaired) electrons. The van der Waals surface area contributed by atoms with Crippen LogP contribution in [0.1, 0.15) is 18.4 Å². The molecule has 3 N–H and O–H groups in total. The number of allylic oxidation sites excluding steroid dienone is 1. The lowest BCUT2D eigenvalue weighted by Gasteiger charge is -1.99. The molecule has 0 aliphatic carbocycles. The highest BCUT2D eigenvalue weighted by molar-refractivity contribution is 5.58. The maximum absolute atomic E-state index is 9.38. The Hall–Kier alpha value is -1.48. The van der Waals surface area contributed by atoms with Crippen molar-refractivity contribution in [1.29, 1.82) is 0 Å². The maximum Gasteiger partial charge on any atom is 0.123 e. The predicted molar refractivity (Wildman–Crippen MR) is 55.1 cm³/mol. The van der Waals surface area contributed by atoms with Gasteiger partial charge in [-0.25, -0.2) is 0 Å². The minimum atomic E-state index is 0.129. The molecule has 0 saturated heterocycles. The third-order valence-corrected chi connectivity index (χ3v) is 1.84. The second kappa shape index (κ2) is 5.29. The molecule has 0 heterocycles. The Labute approximate surface area is 82.9 Å². The summed E-state index contributed by atoms with van der Waals surface area (Å²) in [6.07, 6.45) is 5.04. The molecule has 0 amide bonds. The number of aliphatic hydroxyl groups excluding tert-OH is 1. The highest BCUT2D eigenvalue weighted by Crippen LogP contribution is 2.23. The molecule has 0 saturated carbocycles. The van der Waals surface area contributed by atoms with Crippen LogP contribution in [0.4, 0.5) is 0 Å². The summed E-state index contributed by atoms with van der Waals surface area (Å²) < 4.78 is 0. The van der Waals surface area contributed by atoms with Crippen molar-refractivity contribution in [3.8, 4) is 11.5 Å². The van der Waals surface area contributed by atoms with E-state index in [0.29, 0.717) is 12.0 Å². The van der Waals surface area contributed by atoms with E-state index >= 15 is 0 Å². The van der Waals surface area contributed by atoms with E-state index < -0.39 is 0 Å². The molecule has 0 spiro atoms. The average molecular weight is 194 g/mol. The van der Waals surface area contributed by atoms with Crippen LogP contribution in [-0.4, -0.2) is 21.9 Å². The molecule has 3 nitrogen and oxygen atoms in total. The second-order valence-electron chi connectivity index (χ2n) is 3.01. The van der Waals surface area contributed by atoms with Gasteiger partial charge in [0.2, 0.25) is 0 Å². The molecule has 14 heavy (non-hydrogen) atoms. The number of aromatic hydroxyl groups is 2. The predicted octanol–water partition coefficient (Wildman–Crippen LogP) is 1.88. The van der Waals surface area contributed by atoms with Gasteiger partial charge in [0, 0.05) is 12.2 Å². The molecule has 0 aliphatic rings. The van der Waals surface area contributed by atoms with Crippen molar-refractivity contribution < 1.29 is 15.3 Å². The van der Waals surface area contributed by atoms with E-state index in [2.05, 4.69) is 0 Å². The standard InChI is InChI=1S/C11H14O3/c12-7-3-1-2-4-9-8-10(13)5-6-11(9)14/h2,4-6,8,12-14H,1,3,7H2/b4-2+. The van der Waals surface area contributed by atoms with Crippen LogP contribution in [0.15, 0.2) is 24.3 Å². The monoisotopic (exact) mass is 194 g/mol. The summed E-state index contributed by atoms with van der Waals surface area (Å²) in [6, 6.07) is 4.37. The molecule has 1 aromatic rings. The number of phenols is 2. The van der Waals surface area contributed by atoms with Gasteiger partial charge in [0.15, 0.2) is 0 Å². The average Bonchev–Trinajstić information content (AvgIpc) is 2.18. The first-order chi connectivity index (χ1) is 6.74. The molecule has 1 aromatic carbocycles. The van der Waals surface area contributed by atoms with Gasteiger partial charge < -0.3 is 15.3 Å². The van der Waals surface area contributed by atoms with E-state index in [1.807, 2.05) is 6.08 Å². The number of hydrogen-bond donors (Lipinski definition) is 3. The van der Waals surface area contributed by atoms with Gasteiger partial charge >= 0.3 is 0 Å². The molecule has 0 atom stereocenters. The van der Waals surface area contributed by atoms with Crippen LogP contribution in [0.2, 0.25) is 0 Å². The molecule has 3 heteroatoms. The number of hydrogen-bond acceptors (Lipinski definition) is 3. The zero-order valence-electron chi connectivity index (χ0n) is 7.85. The quantitative estimate of drug-likeness (QED) is 0.506. The van der Waals surface area contributed by atoms with Crippen molar-refractivity contribution in [1.82, 2.24) is 0 Å². The fourth-order valence-corrected chi connectivity index (χ4v) is 1.09. The van der Waals surface area contributed by atoms with Gasteiger partial charge in [-0.2, -0.15) is 0 Å². The van der Waals surface area contributed by atoms with Gasteiger partial charge in [-0.3, -0.25) is 0 Å². The van der Waals surface area contributed by atoms with Gasteiger partial charge in [0.05, 0.1) is 0 Å². The Morgan fingerprint density at radius 3 is 2.71 bits per heavy atom. The molecule has 0 fully saturated rings. The van der Waals surface area contributed by atoms with Gasteiger partial charge in [-0.15, -0.1) is 0 Å². The number of benzene rings is 1. The van der Waals surface area contributed by atoms with Crippen molar-refractivity contribution in [3.63, 3.8) is 0 Å². The summed E-state index contributed by atoms with van der Waals surface area (Å²) in [7, 11) is 0. The van der Waals surface area contributed by atoms with Gasteiger partial charge in [-0.05, 0) is 31.0 Å². The van der Waals surface area contributed by atoms with Crippen molar-refractivity contribution in [2.24, 2.45) is 0 Å². The van der Waals surface area contributed by atoms with Crippen molar-refractivity contribution in [2.75, 3.05) is 6.61 Å². The molecule has 0 aliphatic heterocycles. The fraction of sp³-hybridized carbons (Fsp3) is 0.273. The number of aliphatic hydroxyl groups is 1. The SMILES string of the molecule is OCCC/C=C/c1cc(O)ccc1O. The summed E-state index contributed by atoms with van der Waals surface area (Å²) in [5.41, 5.74) is 0.586. The Morgan fingerprint density at radius 1 is 1.21 bits per heavy atom. The zero-order valence-corrected chi connectivity index (χ0v) is 7.85. The fourth-order valence-electron chi connectivity index (χ4n) is 1.09. The van der Waals surface area contributed by atoms with Gasteiger partial charge in [0.25, 0.3) is 0 Å². The van der Waals surface area contributed by atoms with Crippen LogP contribution in [0.3, 0.4) is 0 Å². The molecule has 0 unspecified atom stereocenters. The minimum Gasteiger partial charge on any atom is -0.508 e. The van der Waals surface area contributed by atoms with Crippen LogP contribution < -0.4 is 0 Å². The molecular formula is C11H14O3. The van der Waals surface area contributed by atoms with Crippen LogP contribution in [0.5, 0.6) is 11.5 Å². The highest BCUT2D eigenvalue weighted by Gasteiger charge is 1.97. The molecule has 1 rings (SSSR count). The lowest BCUT2D eigenvalue weighted by Crippen LogP contribution is -1.79. The normalized spacial score (nSPS) is 10.9. The Balaban J connectivity index is 2.65. The van der Waals surface area contributed by atoms with Crippen LogP contribution in [0.25, 0.3) is 6.08 Å². The third-order valence-electron chi connectivity index (χ3n) is 1.84. The lowest BCUT2D eigenvalue weighted by atomic mass is 10.1. The first kappa shape index (κ1) is 10.6. The minimum absolute atomic E-state index is 0.129. The number of unbranched alkanes of at least 4 members (excludes halogenated alkanes) is 1.